The molecule has 6 nitrogen and oxygen atoms in total. The first-order valence-corrected chi connectivity index (χ1v) is 9.48. The number of hydrogen-bond acceptors (Lipinski definition) is 6. The molecule has 1 aliphatic heterocycles. The molecular formula is C18H36O6. The van der Waals surface area contributed by atoms with E-state index in [1.807, 2.05) is 0 Å². The summed E-state index contributed by atoms with van der Waals surface area (Å²) in [5.74, 6) is 0. The molecule has 1 fully saturated rings. The lowest BCUT2D eigenvalue weighted by Gasteiger charge is -2.44. The molecule has 24 heavy (non-hydrogen) atoms. The maximum Gasteiger partial charge on any atom is 0.184 e. The highest BCUT2D eigenvalue weighted by molar-refractivity contribution is 4.92. The van der Waals surface area contributed by atoms with E-state index in [0.29, 0.717) is 19.8 Å². The lowest BCUT2D eigenvalue weighted by Crippen LogP contribution is -2.61. The molecule has 0 radical (unpaired) electrons. The number of ether oxygens (including phenoxy) is 4. The van der Waals surface area contributed by atoms with Gasteiger partial charge in [0.2, 0.25) is 0 Å². The molecule has 0 aliphatic carbocycles. The van der Waals surface area contributed by atoms with E-state index in [1.165, 1.54) is 0 Å². The lowest BCUT2D eigenvalue weighted by molar-refractivity contribution is -0.310. The van der Waals surface area contributed by atoms with Crippen molar-refractivity contribution in [1.29, 1.82) is 0 Å². The average Bonchev–Trinajstić information content (AvgIpc) is 2.58. The van der Waals surface area contributed by atoms with Crippen molar-refractivity contribution < 1.29 is 29.2 Å². The summed E-state index contributed by atoms with van der Waals surface area (Å²) >= 11 is 0. The monoisotopic (exact) mass is 348 g/mol. The SMILES string of the molecule is CCCCOC1C(OCCCC)[C@@H](O)OC(CO)[C@@H]1OCCCC. The Morgan fingerprint density at radius 1 is 0.750 bits per heavy atom. The molecule has 5 atom stereocenters. The van der Waals surface area contributed by atoms with Gasteiger partial charge in [-0.2, -0.15) is 0 Å². The van der Waals surface area contributed by atoms with Gasteiger partial charge in [0.25, 0.3) is 0 Å². The van der Waals surface area contributed by atoms with E-state index in [4.69, 9.17) is 18.9 Å². The summed E-state index contributed by atoms with van der Waals surface area (Å²) in [5.41, 5.74) is 0. The van der Waals surface area contributed by atoms with Gasteiger partial charge in [-0.3, -0.25) is 0 Å². The Labute approximate surface area is 146 Å². The van der Waals surface area contributed by atoms with Crippen LogP contribution >= 0.6 is 0 Å². The second-order valence-electron chi connectivity index (χ2n) is 6.31. The number of unbranched alkanes of at least 4 members (excludes halogenated alkanes) is 3. The van der Waals surface area contributed by atoms with E-state index >= 15 is 0 Å². The van der Waals surface area contributed by atoms with Gasteiger partial charge in [-0.05, 0) is 19.3 Å². The zero-order chi connectivity index (χ0) is 17.8. The largest absolute Gasteiger partial charge is 0.394 e. The zero-order valence-corrected chi connectivity index (χ0v) is 15.5. The Balaban J connectivity index is 2.79. The predicted octanol–water partition coefficient (Wildman–Crippen LogP) is 2.25. The van der Waals surface area contributed by atoms with E-state index < -0.39 is 30.7 Å². The first-order chi connectivity index (χ1) is 11.7. The fourth-order valence-corrected chi connectivity index (χ4v) is 2.70. The first-order valence-electron chi connectivity index (χ1n) is 9.48. The summed E-state index contributed by atoms with van der Waals surface area (Å²) in [6.45, 7) is 7.76. The summed E-state index contributed by atoms with van der Waals surface area (Å²) in [6.07, 6.45) is 2.65. The summed E-state index contributed by atoms with van der Waals surface area (Å²) in [5, 5.41) is 19.9. The van der Waals surface area contributed by atoms with Crippen molar-refractivity contribution in [1.82, 2.24) is 0 Å². The number of aliphatic hydroxyl groups excluding tert-OH is 2. The maximum absolute atomic E-state index is 10.3. The van der Waals surface area contributed by atoms with Crippen LogP contribution in [0.15, 0.2) is 0 Å². The zero-order valence-electron chi connectivity index (χ0n) is 15.5. The summed E-state index contributed by atoms with van der Waals surface area (Å²) in [4.78, 5) is 0. The Morgan fingerprint density at radius 3 is 1.67 bits per heavy atom. The van der Waals surface area contributed by atoms with Crippen molar-refractivity contribution in [3.05, 3.63) is 0 Å². The molecule has 0 bridgehead atoms. The lowest BCUT2D eigenvalue weighted by atomic mass is 9.98. The van der Waals surface area contributed by atoms with E-state index in [1.54, 1.807) is 0 Å². The van der Waals surface area contributed by atoms with Gasteiger partial charge in [0.1, 0.15) is 24.4 Å². The molecule has 2 N–H and O–H groups in total. The summed E-state index contributed by atoms with van der Waals surface area (Å²) in [7, 11) is 0. The molecule has 144 valence electrons. The van der Waals surface area contributed by atoms with Crippen LogP contribution in [0.2, 0.25) is 0 Å². The molecule has 3 unspecified atom stereocenters. The molecular weight excluding hydrogens is 312 g/mol. The molecule has 1 aliphatic rings. The van der Waals surface area contributed by atoms with Gasteiger partial charge < -0.3 is 29.2 Å². The Kier molecular flexibility index (Phi) is 11.8. The minimum absolute atomic E-state index is 0.219. The molecule has 1 rings (SSSR count). The third-order valence-electron chi connectivity index (χ3n) is 4.21. The van der Waals surface area contributed by atoms with Crippen LogP contribution in [-0.2, 0) is 18.9 Å². The number of aliphatic hydroxyl groups is 2. The normalized spacial score (nSPS) is 30.6. The molecule has 0 aromatic heterocycles. The van der Waals surface area contributed by atoms with Crippen LogP contribution in [-0.4, -0.2) is 67.3 Å². The fraction of sp³-hybridized carbons (Fsp3) is 1.00. The van der Waals surface area contributed by atoms with Gasteiger partial charge in [-0.1, -0.05) is 40.0 Å². The second-order valence-corrected chi connectivity index (χ2v) is 6.31. The molecule has 1 heterocycles. The Hall–Kier alpha value is -0.240. The van der Waals surface area contributed by atoms with E-state index in [9.17, 15) is 10.2 Å². The highest BCUT2D eigenvalue weighted by atomic mass is 16.7. The Bertz CT molecular complexity index is 301. The minimum atomic E-state index is -1.11. The van der Waals surface area contributed by atoms with E-state index in [-0.39, 0.29) is 6.61 Å². The van der Waals surface area contributed by atoms with Gasteiger partial charge in [-0.25, -0.2) is 0 Å². The molecule has 0 saturated carbocycles. The summed E-state index contributed by atoms with van der Waals surface area (Å²) in [6, 6.07) is 0. The van der Waals surface area contributed by atoms with Crippen LogP contribution in [0.4, 0.5) is 0 Å². The van der Waals surface area contributed by atoms with Gasteiger partial charge in [0.15, 0.2) is 6.29 Å². The van der Waals surface area contributed by atoms with E-state index in [2.05, 4.69) is 20.8 Å². The number of rotatable bonds is 13. The van der Waals surface area contributed by atoms with Crippen LogP contribution in [0, 0.1) is 0 Å². The van der Waals surface area contributed by atoms with Gasteiger partial charge in [-0.15, -0.1) is 0 Å². The maximum atomic E-state index is 10.3. The molecule has 0 amide bonds. The van der Waals surface area contributed by atoms with Crippen LogP contribution in [0.25, 0.3) is 0 Å². The summed E-state index contributed by atoms with van der Waals surface area (Å²) < 4.78 is 23.3. The van der Waals surface area contributed by atoms with Crippen molar-refractivity contribution in [2.45, 2.75) is 90.0 Å². The highest BCUT2D eigenvalue weighted by Gasteiger charge is 2.47. The smallest absolute Gasteiger partial charge is 0.184 e. The van der Waals surface area contributed by atoms with Crippen molar-refractivity contribution in [2.24, 2.45) is 0 Å². The van der Waals surface area contributed by atoms with Crippen molar-refractivity contribution in [3.8, 4) is 0 Å². The van der Waals surface area contributed by atoms with Crippen LogP contribution in [0.3, 0.4) is 0 Å². The van der Waals surface area contributed by atoms with Crippen LogP contribution in [0.5, 0.6) is 0 Å². The second kappa shape index (κ2) is 13.0. The van der Waals surface area contributed by atoms with Gasteiger partial charge in [0, 0.05) is 19.8 Å². The predicted molar refractivity (Wildman–Crippen MR) is 91.9 cm³/mol. The standard InChI is InChI=1S/C18H36O6/c1-4-7-10-21-15-14(13-19)24-18(20)17(23-12-9-6-3)16(15)22-11-8-5-2/h14-20H,4-13H2,1-3H3/t14?,15-,16?,17?,18-/m0/s1. The molecule has 1 saturated heterocycles. The number of hydrogen-bond donors (Lipinski definition) is 2. The highest BCUT2D eigenvalue weighted by Crippen LogP contribution is 2.27. The van der Waals surface area contributed by atoms with Crippen molar-refractivity contribution >= 4 is 0 Å². The fourth-order valence-electron chi connectivity index (χ4n) is 2.70. The molecule has 0 aromatic carbocycles. The van der Waals surface area contributed by atoms with Crippen molar-refractivity contribution in [2.75, 3.05) is 26.4 Å². The van der Waals surface area contributed by atoms with Crippen LogP contribution in [0.1, 0.15) is 59.3 Å². The third kappa shape index (κ3) is 6.94. The Morgan fingerprint density at radius 2 is 1.21 bits per heavy atom. The minimum Gasteiger partial charge on any atom is -0.394 e. The van der Waals surface area contributed by atoms with Gasteiger partial charge in [0.05, 0.1) is 6.61 Å². The molecule has 6 heteroatoms. The first kappa shape index (κ1) is 21.8. The topological polar surface area (TPSA) is 77.4 Å². The molecule has 0 spiro atoms. The average molecular weight is 348 g/mol. The van der Waals surface area contributed by atoms with Crippen molar-refractivity contribution in [3.63, 3.8) is 0 Å². The van der Waals surface area contributed by atoms with Crippen LogP contribution < -0.4 is 0 Å². The third-order valence-corrected chi connectivity index (χ3v) is 4.21. The van der Waals surface area contributed by atoms with Gasteiger partial charge >= 0.3 is 0 Å². The molecule has 0 aromatic rings. The quantitative estimate of drug-likeness (QED) is 0.497. The van der Waals surface area contributed by atoms with E-state index in [0.717, 1.165) is 38.5 Å².